The van der Waals surface area contributed by atoms with E-state index < -0.39 is 24.4 Å². The predicted octanol–water partition coefficient (Wildman–Crippen LogP) is 2.20. The molecule has 28 heavy (non-hydrogen) atoms. The summed E-state index contributed by atoms with van der Waals surface area (Å²) in [6, 6.07) is 7.97. The fraction of sp³-hybridized carbons (Fsp3) is 0.316. The molecule has 2 heterocycles. The standard InChI is InChI=1S/C19H20N2O6S/c20-17(23)15-7-9-28-18(15)21-16(22)11-27-19(24)12-3-5-13(6-4-12)26-10-14-2-1-8-25-14/h3-7,9,14H,1-2,8,10-11H2,(H2,20,23)(H,21,22)/t14-/m0/s1. The number of primary amides is 1. The number of nitrogens with one attached hydrogen (secondary N) is 1. The molecule has 0 bridgehead atoms. The van der Waals surface area contributed by atoms with Gasteiger partial charge in [-0.25, -0.2) is 4.79 Å². The zero-order valence-electron chi connectivity index (χ0n) is 15.0. The van der Waals surface area contributed by atoms with E-state index in [1.807, 2.05) is 0 Å². The second-order valence-electron chi connectivity index (χ2n) is 6.12. The minimum absolute atomic E-state index is 0.113. The lowest BCUT2D eigenvalue weighted by Crippen LogP contribution is -2.22. The maximum atomic E-state index is 12.1. The lowest BCUT2D eigenvalue weighted by Gasteiger charge is -2.11. The molecule has 9 heteroatoms. The van der Waals surface area contributed by atoms with Gasteiger partial charge in [0.05, 0.1) is 17.2 Å². The van der Waals surface area contributed by atoms with Crippen LogP contribution in [0.5, 0.6) is 5.75 Å². The molecule has 1 fully saturated rings. The van der Waals surface area contributed by atoms with E-state index in [0.29, 0.717) is 22.9 Å². The van der Waals surface area contributed by atoms with Crippen LogP contribution in [-0.4, -0.2) is 43.7 Å². The highest BCUT2D eigenvalue weighted by Gasteiger charge is 2.17. The first-order valence-electron chi connectivity index (χ1n) is 8.71. The van der Waals surface area contributed by atoms with Crippen LogP contribution < -0.4 is 15.8 Å². The summed E-state index contributed by atoms with van der Waals surface area (Å²) in [5.74, 6) is -1.21. The van der Waals surface area contributed by atoms with Crippen LogP contribution in [0.2, 0.25) is 0 Å². The summed E-state index contributed by atoms with van der Waals surface area (Å²) >= 11 is 1.16. The minimum Gasteiger partial charge on any atom is -0.491 e. The Kier molecular flexibility index (Phi) is 6.62. The third kappa shape index (κ3) is 5.30. The molecule has 0 unspecified atom stereocenters. The van der Waals surface area contributed by atoms with Gasteiger partial charge < -0.3 is 25.3 Å². The van der Waals surface area contributed by atoms with Crippen LogP contribution in [0.25, 0.3) is 0 Å². The summed E-state index contributed by atoms with van der Waals surface area (Å²) in [7, 11) is 0. The second-order valence-corrected chi connectivity index (χ2v) is 7.04. The molecule has 1 aromatic carbocycles. The van der Waals surface area contributed by atoms with Crippen LogP contribution in [0.1, 0.15) is 33.6 Å². The Morgan fingerprint density at radius 2 is 2.00 bits per heavy atom. The van der Waals surface area contributed by atoms with Gasteiger partial charge in [-0.3, -0.25) is 9.59 Å². The molecule has 1 aliphatic rings. The van der Waals surface area contributed by atoms with Crippen LogP contribution in [-0.2, 0) is 14.3 Å². The maximum absolute atomic E-state index is 12.1. The molecule has 1 aromatic heterocycles. The Bertz CT molecular complexity index is 842. The fourth-order valence-electron chi connectivity index (χ4n) is 2.63. The van der Waals surface area contributed by atoms with Crippen molar-refractivity contribution in [3.63, 3.8) is 0 Å². The molecule has 8 nitrogen and oxygen atoms in total. The number of esters is 1. The highest BCUT2D eigenvalue weighted by Crippen LogP contribution is 2.22. The molecule has 0 spiro atoms. The number of carbonyl (C=O) groups excluding carboxylic acids is 3. The van der Waals surface area contributed by atoms with E-state index in [0.717, 1.165) is 30.8 Å². The average Bonchev–Trinajstić information content (AvgIpc) is 3.36. The molecular weight excluding hydrogens is 384 g/mol. The summed E-state index contributed by atoms with van der Waals surface area (Å²) < 4.78 is 16.1. The van der Waals surface area contributed by atoms with Crippen LogP contribution >= 0.6 is 11.3 Å². The van der Waals surface area contributed by atoms with Gasteiger partial charge in [-0.15, -0.1) is 11.3 Å². The SMILES string of the molecule is NC(=O)c1ccsc1NC(=O)COC(=O)c1ccc(OC[C@@H]2CCCO2)cc1. The topological polar surface area (TPSA) is 117 Å². The molecule has 2 amide bonds. The normalized spacial score (nSPS) is 15.8. The number of anilines is 1. The summed E-state index contributed by atoms with van der Waals surface area (Å²) in [5, 5.41) is 4.45. The largest absolute Gasteiger partial charge is 0.491 e. The zero-order valence-corrected chi connectivity index (χ0v) is 15.8. The number of nitrogens with two attached hydrogens (primary N) is 1. The molecule has 0 radical (unpaired) electrons. The molecular formula is C19H20N2O6S. The van der Waals surface area contributed by atoms with Crippen molar-refractivity contribution in [3.8, 4) is 5.75 Å². The number of amides is 2. The quantitative estimate of drug-likeness (QED) is 0.652. The van der Waals surface area contributed by atoms with E-state index in [2.05, 4.69) is 5.32 Å². The molecule has 3 N–H and O–H groups in total. The molecule has 1 aliphatic heterocycles. The van der Waals surface area contributed by atoms with Gasteiger partial charge in [0, 0.05) is 6.61 Å². The van der Waals surface area contributed by atoms with Crippen molar-refractivity contribution >= 4 is 34.1 Å². The number of ether oxygens (including phenoxy) is 3. The van der Waals surface area contributed by atoms with E-state index in [1.165, 1.54) is 6.07 Å². The van der Waals surface area contributed by atoms with Crippen molar-refractivity contribution in [2.45, 2.75) is 18.9 Å². The van der Waals surface area contributed by atoms with E-state index in [-0.39, 0.29) is 11.7 Å². The van der Waals surface area contributed by atoms with E-state index >= 15 is 0 Å². The van der Waals surface area contributed by atoms with E-state index in [4.69, 9.17) is 19.9 Å². The number of hydrogen-bond acceptors (Lipinski definition) is 7. The van der Waals surface area contributed by atoms with Gasteiger partial charge in [0.2, 0.25) is 0 Å². The van der Waals surface area contributed by atoms with Gasteiger partial charge >= 0.3 is 5.97 Å². The van der Waals surface area contributed by atoms with Crippen LogP contribution in [0.15, 0.2) is 35.7 Å². The fourth-order valence-corrected chi connectivity index (χ4v) is 3.44. The van der Waals surface area contributed by atoms with Crippen LogP contribution in [0, 0.1) is 0 Å². The second kappa shape index (κ2) is 9.34. The predicted molar refractivity (Wildman–Crippen MR) is 103 cm³/mol. The molecule has 1 atom stereocenters. The van der Waals surface area contributed by atoms with Crippen molar-refractivity contribution in [1.29, 1.82) is 0 Å². The third-order valence-electron chi connectivity index (χ3n) is 4.07. The highest BCUT2D eigenvalue weighted by molar-refractivity contribution is 7.14. The van der Waals surface area contributed by atoms with Crippen LogP contribution in [0.3, 0.4) is 0 Å². The Hall–Kier alpha value is -2.91. The van der Waals surface area contributed by atoms with Gasteiger partial charge in [0.25, 0.3) is 11.8 Å². The Morgan fingerprint density at radius 1 is 1.21 bits per heavy atom. The summed E-state index contributed by atoms with van der Waals surface area (Å²) in [6.45, 7) is 0.759. The first-order valence-corrected chi connectivity index (χ1v) is 9.59. The molecule has 3 rings (SSSR count). The van der Waals surface area contributed by atoms with E-state index in [1.54, 1.807) is 29.6 Å². The van der Waals surface area contributed by atoms with E-state index in [9.17, 15) is 14.4 Å². The molecule has 1 saturated heterocycles. The highest BCUT2D eigenvalue weighted by atomic mass is 32.1. The molecule has 0 saturated carbocycles. The number of benzene rings is 1. The summed E-state index contributed by atoms with van der Waals surface area (Å²) in [4.78, 5) is 35.2. The lowest BCUT2D eigenvalue weighted by atomic mass is 10.2. The van der Waals surface area contributed by atoms with Crippen molar-refractivity contribution in [1.82, 2.24) is 0 Å². The van der Waals surface area contributed by atoms with Crippen molar-refractivity contribution in [3.05, 3.63) is 46.8 Å². The number of thiophene rings is 1. The molecule has 0 aliphatic carbocycles. The van der Waals surface area contributed by atoms with Crippen LogP contribution in [0.4, 0.5) is 5.00 Å². The smallest absolute Gasteiger partial charge is 0.338 e. The summed E-state index contributed by atoms with van der Waals surface area (Å²) in [5.41, 5.74) is 5.72. The van der Waals surface area contributed by atoms with Gasteiger partial charge in [0.1, 0.15) is 17.4 Å². The van der Waals surface area contributed by atoms with Crippen molar-refractivity contribution in [2.24, 2.45) is 5.73 Å². The number of carbonyl (C=O) groups is 3. The van der Waals surface area contributed by atoms with Gasteiger partial charge in [-0.2, -0.15) is 0 Å². The van der Waals surface area contributed by atoms with Gasteiger partial charge in [-0.1, -0.05) is 0 Å². The molecule has 148 valence electrons. The first-order chi connectivity index (χ1) is 13.5. The zero-order chi connectivity index (χ0) is 19.9. The Labute approximate surface area is 165 Å². The maximum Gasteiger partial charge on any atom is 0.338 e. The number of hydrogen-bond donors (Lipinski definition) is 2. The Morgan fingerprint density at radius 3 is 2.68 bits per heavy atom. The van der Waals surface area contributed by atoms with Gasteiger partial charge in [0.15, 0.2) is 6.61 Å². The van der Waals surface area contributed by atoms with Crippen molar-refractivity contribution in [2.75, 3.05) is 25.1 Å². The molecule has 2 aromatic rings. The Balaban J connectivity index is 1.45. The summed E-state index contributed by atoms with van der Waals surface area (Å²) in [6.07, 6.45) is 2.14. The first kappa shape index (κ1) is 19.8. The third-order valence-corrected chi connectivity index (χ3v) is 4.90. The monoisotopic (exact) mass is 404 g/mol. The minimum atomic E-state index is -0.643. The number of rotatable bonds is 8. The van der Waals surface area contributed by atoms with Gasteiger partial charge in [-0.05, 0) is 48.6 Å². The lowest BCUT2D eigenvalue weighted by molar-refractivity contribution is -0.119. The van der Waals surface area contributed by atoms with Crippen molar-refractivity contribution < 1.29 is 28.6 Å². The average molecular weight is 404 g/mol.